The summed E-state index contributed by atoms with van der Waals surface area (Å²) < 4.78 is 7.35. The summed E-state index contributed by atoms with van der Waals surface area (Å²) in [6.07, 6.45) is 1.61. The summed E-state index contributed by atoms with van der Waals surface area (Å²) in [5, 5.41) is 9.34. The van der Waals surface area contributed by atoms with E-state index >= 15 is 0 Å². The SMILES string of the molecule is CCOC(=O)[C@H](CC)Sc1nnc2n1C(C)(C)Cc1ccccc1-2. The minimum absolute atomic E-state index is 0.136. The lowest BCUT2D eigenvalue weighted by Crippen LogP contribution is -2.34. The molecule has 0 unspecified atom stereocenters. The van der Waals surface area contributed by atoms with E-state index in [1.165, 1.54) is 17.3 Å². The fourth-order valence-electron chi connectivity index (χ4n) is 3.16. The number of esters is 1. The van der Waals surface area contributed by atoms with E-state index in [0.717, 1.165) is 23.0 Å². The van der Waals surface area contributed by atoms with Crippen molar-refractivity contribution in [2.24, 2.45) is 0 Å². The van der Waals surface area contributed by atoms with Crippen molar-refractivity contribution in [3.05, 3.63) is 29.8 Å². The Bertz CT molecular complexity index is 754. The van der Waals surface area contributed by atoms with Gasteiger partial charge in [0.05, 0.1) is 6.61 Å². The van der Waals surface area contributed by atoms with Gasteiger partial charge < -0.3 is 4.74 Å². The molecule has 0 saturated heterocycles. The molecule has 3 rings (SSSR count). The standard InChI is InChI=1S/C18H23N3O2S/c1-5-14(16(22)23-6-2)24-17-20-19-15-13-10-8-7-9-12(13)11-18(3,4)21(15)17/h7-10,14H,5-6,11H2,1-4H3/t14-/m0/s1. The first-order chi connectivity index (χ1) is 11.5. The Hall–Kier alpha value is -1.82. The highest BCUT2D eigenvalue weighted by Gasteiger charge is 2.35. The summed E-state index contributed by atoms with van der Waals surface area (Å²) in [6.45, 7) is 8.58. The van der Waals surface area contributed by atoms with Crippen LogP contribution in [0.15, 0.2) is 29.4 Å². The summed E-state index contributed by atoms with van der Waals surface area (Å²) in [5.74, 6) is 0.694. The van der Waals surface area contributed by atoms with E-state index < -0.39 is 0 Å². The van der Waals surface area contributed by atoms with Crippen molar-refractivity contribution < 1.29 is 9.53 Å². The van der Waals surface area contributed by atoms with Gasteiger partial charge in [0.15, 0.2) is 11.0 Å². The lowest BCUT2D eigenvalue weighted by Gasteiger charge is -2.34. The lowest BCUT2D eigenvalue weighted by atomic mass is 9.87. The average molecular weight is 345 g/mol. The summed E-state index contributed by atoms with van der Waals surface area (Å²) in [7, 11) is 0. The number of fused-ring (bicyclic) bond motifs is 3. The summed E-state index contributed by atoms with van der Waals surface area (Å²) in [5.41, 5.74) is 2.28. The third-order valence-corrected chi connectivity index (χ3v) is 5.57. The topological polar surface area (TPSA) is 57.0 Å². The molecule has 5 nitrogen and oxygen atoms in total. The van der Waals surface area contributed by atoms with E-state index in [4.69, 9.17) is 4.74 Å². The predicted octanol–water partition coefficient (Wildman–Crippen LogP) is 3.67. The van der Waals surface area contributed by atoms with Crippen molar-refractivity contribution in [3.63, 3.8) is 0 Å². The minimum atomic E-state index is -0.258. The highest BCUT2D eigenvalue weighted by Crippen LogP contribution is 2.40. The monoisotopic (exact) mass is 345 g/mol. The molecule has 0 amide bonds. The van der Waals surface area contributed by atoms with E-state index in [9.17, 15) is 4.79 Å². The highest BCUT2D eigenvalue weighted by molar-refractivity contribution is 8.00. The molecule has 2 aromatic rings. The van der Waals surface area contributed by atoms with Gasteiger partial charge in [-0.05, 0) is 39.2 Å². The van der Waals surface area contributed by atoms with Gasteiger partial charge in [-0.1, -0.05) is 43.0 Å². The average Bonchev–Trinajstić information content (AvgIpc) is 2.97. The fraction of sp³-hybridized carbons (Fsp3) is 0.500. The van der Waals surface area contributed by atoms with Crippen LogP contribution < -0.4 is 0 Å². The van der Waals surface area contributed by atoms with Crippen LogP contribution in [-0.2, 0) is 21.5 Å². The first-order valence-corrected chi connectivity index (χ1v) is 9.23. The summed E-state index contributed by atoms with van der Waals surface area (Å²) in [6, 6.07) is 8.32. The Kier molecular flexibility index (Phi) is 4.67. The maximum Gasteiger partial charge on any atom is 0.319 e. The van der Waals surface area contributed by atoms with Crippen LogP contribution in [0.3, 0.4) is 0 Å². The van der Waals surface area contributed by atoms with Crippen molar-refractivity contribution in [1.29, 1.82) is 0 Å². The van der Waals surface area contributed by atoms with E-state index in [-0.39, 0.29) is 16.8 Å². The largest absolute Gasteiger partial charge is 0.465 e. The van der Waals surface area contributed by atoms with E-state index in [2.05, 4.69) is 46.8 Å². The third-order valence-electron chi connectivity index (χ3n) is 4.29. The zero-order valence-electron chi connectivity index (χ0n) is 14.6. The Morgan fingerprint density at radius 2 is 2.08 bits per heavy atom. The Balaban J connectivity index is 1.99. The van der Waals surface area contributed by atoms with Crippen LogP contribution in [0.1, 0.15) is 39.7 Å². The van der Waals surface area contributed by atoms with Gasteiger partial charge in [0, 0.05) is 11.1 Å². The number of benzene rings is 1. The van der Waals surface area contributed by atoms with Crippen LogP contribution in [-0.4, -0.2) is 32.6 Å². The van der Waals surface area contributed by atoms with Gasteiger partial charge in [0.1, 0.15) is 5.25 Å². The van der Waals surface area contributed by atoms with Crippen molar-refractivity contribution in [1.82, 2.24) is 14.8 Å². The third kappa shape index (κ3) is 2.95. The normalized spacial score (nSPS) is 16.2. The molecule has 0 saturated carbocycles. The molecule has 0 spiro atoms. The van der Waals surface area contributed by atoms with Gasteiger partial charge >= 0.3 is 5.97 Å². The quantitative estimate of drug-likeness (QED) is 0.611. The molecule has 1 aromatic heterocycles. The highest BCUT2D eigenvalue weighted by atomic mass is 32.2. The zero-order chi connectivity index (χ0) is 17.3. The van der Waals surface area contributed by atoms with Gasteiger partial charge in [0.25, 0.3) is 0 Å². The number of hydrogen-bond donors (Lipinski definition) is 0. The Morgan fingerprint density at radius 3 is 2.79 bits per heavy atom. The molecule has 6 heteroatoms. The maximum atomic E-state index is 12.1. The van der Waals surface area contributed by atoms with E-state index in [1.54, 1.807) is 0 Å². The lowest BCUT2D eigenvalue weighted by molar-refractivity contribution is -0.142. The van der Waals surface area contributed by atoms with Gasteiger partial charge in [-0.2, -0.15) is 0 Å². The van der Waals surface area contributed by atoms with Crippen molar-refractivity contribution in [2.45, 2.75) is 56.5 Å². The number of ether oxygens (including phenoxy) is 1. The number of nitrogens with zero attached hydrogens (tertiary/aromatic N) is 3. The molecule has 2 heterocycles. The van der Waals surface area contributed by atoms with Gasteiger partial charge in [-0.25, -0.2) is 0 Å². The van der Waals surface area contributed by atoms with Crippen molar-refractivity contribution in [3.8, 4) is 11.4 Å². The number of thioether (sulfide) groups is 1. The van der Waals surface area contributed by atoms with Crippen LogP contribution in [0.5, 0.6) is 0 Å². The maximum absolute atomic E-state index is 12.1. The molecular weight excluding hydrogens is 322 g/mol. The molecule has 0 fully saturated rings. The van der Waals surface area contributed by atoms with Gasteiger partial charge in [-0.15, -0.1) is 10.2 Å². The van der Waals surface area contributed by atoms with Gasteiger partial charge in [-0.3, -0.25) is 9.36 Å². The molecule has 1 aliphatic heterocycles. The molecule has 0 N–H and O–H groups in total. The second kappa shape index (κ2) is 6.59. The van der Waals surface area contributed by atoms with Crippen LogP contribution in [0, 0.1) is 0 Å². The first-order valence-electron chi connectivity index (χ1n) is 8.35. The van der Waals surface area contributed by atoms with Crippen LogP contribution in [0.4, 0.5) is 0 Å². The number of aromatic nitrogens is 3. The number of rotatable bonds is 5. The van der Waals surface area contributed by atoms with Crippen molar-refractivity contribution in [2.75, 3.05) is 6.61 Å². The predicted molar refractivity (Wildman–Crippen MR) is 95.1 cm³/mol. The van der Waals surface area contributed by atoms with Gasteiger partial charge in [0.2, 0.25) is 0 Å². The molecule has 0 bridgehead atoms. The molecule has 1 aliphatic rings. The molecule has 0 radical (unpaired) electrons. The van der Waals surface area contributed by atoms with Crippen LogP contribution in [0.25, 0.3) is 11.4 Å². The van der Waals surface area contributed by atoms with Crippen LogP contribution >= 0.6 is 11.8 Å². The number of carbonyl (C=O) groups is 1. The molecule has 0 aliphatic carbocycles. The van der Waals surface area contributed by atoms with E-state index in [0.29, 0.717) is 13.0 Å². The number of hydrogen-bond acceptors (Lipinski definition) is 5. The second-order valence-corrected chi connectivity index (χ2v) is 7.72. The smallest absolute Gasteiger partial charge is 0.319 e. The number of carbonyl (C=O) groups excluding carboxylic acids is 1. The minimum Gasteiger partial charge on any atom is -0.465 e. The molecule has 24 heavy (non-hydrogen) atoms. The Morgan fingerprint density at radius 1 is 1.33 bits per heavy atom. The fourth-order valence-corrected chi connectivity index (χ4v) is 4.28. The Labute approximate surface area is 146 Å². The first kappa shape index (κ1) is 17.0. The summed E-state index contributed by atoms with van der Waals surface area (Å²) in [4.78, 5) is 12.1. The molecule has 1 aromatic carbocycles. The van der Waals surface area contributed by atoms with Crippen molar-refractivity contribution >= 4 is 17.7 Å². The van der Waals surface area contributed by atoms with Crippen LogP contribution in [0.2, 0.25) is 0 Å². The second-order valence-electron chi connectivity index (χ2n) is 6.55. The molecule has 128 valence electrons. The van der Waals surface area contributed by atoms with E-state index in [1.807, 2.05) is 19.9 Å². The summed E-state index contributed by atoms with van der Waals surface area (Å²) >= 11 is 1.45. The zero-order valence-corrected chi connectivity index (χ0v) is 15.4. The molecule has 1 atom stereocenters. The molecular formula is C18H23N3O2S.